The van der Waals surface area contributed by atoms with Crippen LogP contribution in [0.2, 0.25) is 0 Å². The number of carboxylic acid groups (broad SMARTS) is 1. The van der Waals surface area contributed by atoms with E-state index in [2.05, 4.69) is 26.2 Å². The van der Waals surface area contributed by atoms with Crippen molar-refractivity contribution in [2.24, 2.45) is 0 Å². The van der Waals surface area contributed by atoms with Crippen LogP contribution in [-0.4, -0.2) is 45.7 Å². The number of nitrogen functional groups attached to an aromatic ring is 1. The Labute approximate surface area is 122 Å². The molecule has 1 saturated heterocycles. The zero-order valence-corrected chi connectivity index (χ0v) is 11.8. The fraction of sp³-hybridized carbons (Fsp3) is 0.364. The maximum absolute atomic E-state index is 13.3. The number of anilines is 2. The molecule has 1 aromatic rings. The lowest BCUT2D eigenvalue weighted by molar-refractivity contribution is -0.119. The molecule has 2 heterocycles. The number of aromatic nitrogens is 1. The molecule has 0 saturated carbocycles. The molecule has 2 rings (SSSR count). The number of nitrogens with one attached hydrogen (secondary N) is 1. The van der Waals surface area contributed by atoms with Gasteiger partial charge < -0.3 is 16.2 Å². The molecule has 20 heavy (non-hydrogen) atoms. The second kappa shape index (κ2) is 5.61. The van der Waals surface area contributed by atoms with Gasteiger partial charge in [0.2, 0.25) is 5.91 Å². The normalized spacial score (nSPS) is 21.8. The maximum Gasteiger partial charge on any atom is 0.408 e. The molecule has 0 unspecified atom stereocenters. The van der Waals surface area contributed by atoms with Gasteiger partial charge in [-0.1, -0.05) is 0 Å². The van der Waals surface area contributed by atoms with Crippen LogP contribution in [0.15, 0.2) is 16.7 Å². The van der Waals surface area contributed by atoms with Gasteiger partial charge in [0.1, 0.15) is 22.6 Å². The van der Waals surface area contributed by atoms with Gasteiger partial charge >= 0.3 is 6.09 Å². The lowest BCUT2D eigenvalue weighted by Crippen LogP contribution is -2.42. The summed E-state index contributed by atoms with van der Waals surface area (Å²) in [6.07, 6.45) is -2.84. The van der Waals surface area contributed by atoms with E-state index in [-0.39, 0.29) is 24.5 Å². The monoisotopic (exact) mass is 346 g/mol. The Kier molecular flexibility index (Phi) is 4.07. The Morgan fingerprint density at radius 1 is 1.55 bits per heavy atom. The summed E-state index contributed by atoms with van der Waals surface area (Å²) in [6.45, 7) is -0.304. The van der Waals surface area contributed by atoms with E-state index in [1.807, 2.05) is 0 Å². The molecule has 2 atom stereocenters. The van der Waals surface area contributed by atoms with Crippen molar-refractivity contribution in [1.29, 1.82) is 0 Å². The number of halogens is 2. The number of rotatable bonds is 2. The summed E-state index contributed by atoms with van der Waals surface area (Å²) < 4.78 is 13.8. The molecule has 4 N–H and O–H groups in total. The topological polar surface area (TPSA) is 109 Å². The second-order valence-corrected chi connectivity index (χ2v) is 5.15. The molecule has 108 valence electrons. The number of hydrogen-bond acceptors (Lipinski definition) is 4. The number of alkyl halides is 1. The Bertz CT molecular complexity index is 556. The highest BCUT2D eigenvalue weighted by atomic mass is 79.9. The number of hydrogen-bond donors (Lipinski definition) is 3. The van der Waals surface area contributed by atoms with Crippen LogP contribution in [0.3, 0.4) is 0 Å². The number of amides is 2. The minimum Gasteiger partial charge on any atom is -0.465 e. The summed E-state index contributed by atoms with van der Waals surface area (Å²) in [5.74, 6) is -0.534. The predicted octanol–water partition coefficient (Wildman–Crippen LogP) is 1.46. The standard InChI is InChI=1S/C11H12BrFN4O3/c12-8-2-1-6(9(14)16-8)15-10(18)7-3-5(13)4-17(7)11(19)20/h1-2,5,7H,3-4H2,(H2,14,16)(H,15,18)(H,19,20)/t5-,7+/m1/s1. The highest BCUT2D eigenvalue weighted by molar-refractivity contribution is 9.10. The number of nitrogens with two attached hydrogens (primary N) is 1. The molecule has 2 amide bonds. The van der Waals surface area contributed by atoms with E-state index in [4.69, 9.17) is 10.8 Å². The second-order valence-electron chi connectivity index (χ2n) is 4.34. The molecule has 1 aliphatic rings. The minimum absolute atomic E-state index is 0.0874. The Morgan fingerprint density at radius 2 is 2.25 bits per heavy atom. The third-order valence-electron chi connectivity index (χ3n) is 2.95. The van der Waals surface area contributed by atoms with Crippen molar-refractivity contribution >= 4 is 39.4 Å². The quantitative estimate of drug-likeness (QED) is 0.702. The highest BCUT2D eigenvalue weighted by Crippen LogP contribution is 2.24. The van der Waals surface area contributed by atoms with E-state index in [0.29, 0.717) is 4.60 Å². The molecule has 7 nitrogen and oxygen atoms in total. The van der Waals surface area contributed by atoms with Crippen LogP contribution in [0.5, 0.6) is 0 Å². The Balaban J connectivity index is 2.13. The molecule has 1 aliphatic heterocycles. The number of carbonyl (C=O) groups excluding carboxylic acids is 1. The number of carbonyl (C=O) groups is 2. The first-order valence-electron chi connectivity index (χ1n) is 5.75. The first kappa shape index (κ1) is 14.5. The van der Waals surface area contributed by atoms with Crippen molar-refractivity contribution in [3.63, 3.8) is 0 Å². The summed E-state index contributed by atoms with van der Waals surface area (Å²) in [5, 5.41) is 11.4. The Morgan fingerprint density at radius 3 is 2.85 bits per heavy atom. The van der Waals surface area contributed by atoms with Gasteiger partial charge in [-0.3, -0.25) is 9.69 Å². The van der Waals surface area contributed by atoms with Crippen LogP contribution in [0, 0.1) is 0 Å². The van der Waals surface area contributed by atoms with Crippen molar-refractivity contribution in [2.75, 3.05) is 17.6 Å². The third-order valence-corrected chi connectivity index (χ3v) is 3.39. The van der Waals surface area contributed by atoms with E-state index >= 15 is 0 Å². The van der Waals surface area contributed by atoms with Crippen molar-refractivity contribution in [2.45, 2.75) is 18.6 Å². The lowest BCUT2D eigenvalue weighted by Gasteiger charge is -2.20. The number of pyridine rings is 1. The van der Waals surface area contributed by atoms with Gasteiger partial charge in [-0.25, -0.2) is 14.2 Å². The van der Waals surface area contributed by atoms with Gasteiger partial charge in [0, 0.05) is 6.42 Å². The van der Waals surface area contributed by atoms with E-state index in [1.165, 1.54) is 6.07 Å². The molecular formula is C11H12BrFN4O3. The number of nitrogens with zero attached hydrogens (tertiary/aromatic N) is 2. The summed E-state index contributed by atoms with van der Waals surface area (Å²) in [4.78, 5) is 27.7. The molecule has 0 radical (unpaired) electrons. The van der Waals surface area contributed by atoms with E-state index in [0.717, 1.165) is 4.90 Å². The zero-order chi connectivity index (χ0) is 14.9. The summed E-state index contributed by atoms with van der Waals surface area (Å²) >= 11 is 3.13. The average Bonchev–Trinajstić information content (AvgIpc) is 2.75. The van der Waals surface area contributed by atoms with Crippen LogP contribution in [0.1, 0.15) is 6.42 Å². The third kappa shape index (κ3) is 2.98. The van der Waals surface area contributed by atoms with Crippen LogP contribution in [0.25, 0.3) is 0 Å². The molecule has 0 aromatic carbocycles. The van der Waals surface area contributed by atoms with Gasteiger partial charge in [0.15, 0.2) is 0 Å². The zero-order valence-electron chi connectivity index (χ0n) is 10.2. The summed E-state index contributed by atoms with van der Waals surface area (Å²) in [7, 11) is 0. The van der Waals surface area contributed by atoms with E-state index in [1.54, 1.807) is 6.07 Å². The van der Waals surface area contributed by atoms with Gasteiger partial charge in [0.05, 0.1) is 12.2 Å². The van der Waals surface area contributed by atoms with E-state index in [9.17, 15) is 14.0 Å². The van der Waals surface area contributed by atoms with Crippen molar-refractivity contribution < 1.29 is 19.1 Å². The lowest BCUT2D eigenvalue weighted by atomic mass is 10.2. The summed E-state index contributed by atoms with van der Waals surface area (Å²) in [5.41, 5.74) is 5.89. The molecule has 0 spiro atoms. The van der Waals surface area contributed by atoms with Gasteiger partial charge in [-0.05, 0) is 28.1 Å². The molecule has 0 bridgehead atoms. The molecule has 1 aromatic heterocycles. The van der Waals surface area contributed by atoms with Gasteiger partial charge in [-0.15, -0.1) is 0 Å². The predicted molar refractivity (Wildman–Crippen MR) is 73.0 cm³/mol. The van der Waals surface area contributed by atoms with Gasteiger partial charge in [-0.2, -0.15) is 0 Å². The average molecular weight is 347 g/mol. The smallest absolute Gasteiger partial charge is 0.408 e. The van der Waals surface area contributed by atoms with Crippen molar-refractivity contribution in [1.82, 2.24) is 9.88 Å². The summed E-state index contributed by atoms with van der Waals surface area (Å²) in [6, 6.07) is 2.04. The van der Waals surface area contributed by atoms with E-state index < -0.39 is 24.2 Å². The first-order chi connectivity index (χ1) is 9.38. The molecular weight excluding hydrogens is 335 g/mol. The van der Waals surface area contributed by atoms with Crippen LogP contribution in [-0.2, 0) is 4.79 Å². The largest absolute Gasteiger partial charge is 0.465 e. The molecule has 0 aliphatic carbocycles. The fourth-order valence-corrected chi connectivity index (χ4v) is 2.34. The van der Waals surface area contributed by atoms with Crippen molar-refractivity contribution in [3.05, 3.63) is 16.7 Å². The van der Waals surface area contributed by atoms with Crippen LogP contribution < -0.4 is 11.1 Å². The number of likely N-dealkylation sites (tertiary alicyclic amines) is 1. The molecule has 1 fully saturated rings. The minimum atomic E-state index is -1.35. The van der Waals surface area contributed by atoms with Crippen LogP contribution >= 0.6 is 15.9 Å². The Hall–Kier alpha value is -1.90. The molecule has 9 heteroatoms. The van der Waals surface area contributed by atoms with Crippen LogP contribution in [0.4, 0.5) is 20.7 Å². The van der Waals surface area contributed by atoms with Crippen molar-refractivity contribution in [3.8, 4) is 0 Å². The van der Waals surface area contributed by atoms with Gasteiger partial charge in [0.25, 0.3) is 0 Å². The highest BCUT2D eigenvalue weighted by Gasteiger charge is 2.40. The fourth-order valence-electron chi connectivity index (χ4n) is 2.02. The SMILES string of the molecule is Nc1nc(Br)ccc1NC(=O)[C@@H]1C[C@@H](F)CN1C(=O)O. The first-order valence-corrected chi connectivity index (χ1v) is 6.54. The maximum atomic E-state index is 13.3.